The van der Waals surface area contributed by atoms with Crippen molar-refractivity contribution in [1.29, 1.82) is 0 Å². The van der Waals surface area contributed by atoms with Crippen molar-refractivity contribution in [2.75, 3.05) is 13.2 Å². The first kappa shape index (κ1) is 58.6. The fourth-order valence-electron chi connectivity index (χ4n) is 6.77. The van der Waals surface area contributed by atoms with Crippen LogP contribution in [0.5, 0.6) is 0 Å². The highest BCUT2D eigenvalue weighted by molar-refractivity contribution is 5.71. The molecule has 0 saturated heterocycles. The number of rotatable bonds is 45. The number of unbranched alkanes of at least 4 members (excludes halogenated alkanes) is 21. The molecule has 0 aliphatic heterocycles. The average molecular weight is 863 g/mol. The van der Waals surface area contributed by atoms with Crippen LogP contribution in [0.15, 0.2) is 85.1 Å². The molecule has 0 N–H and O–H groups in total. The van der Waals surface area contributed by atoms with E-state index < -0.39 is 6.10 Å². The van der Waals surface area contributed by atoms with Gasteiger partial charge in [-0.2, -0.15) is 0 Å². The molecule has 0 aromatic heterocycles. The van der Waals surface area contributed by atoms with Crippen LogP contribution >= 0.6 is 0 Å². The zero-order chi connectivity index (χ0) is 45.1. The lowest BCUT2D eigenvalue weighted by Crippen LogP contribution is -2.30. The summed E-state index contributed by atoms with van der Waals surface area (Å²) in [4.78, 5) is 37.9. The van der Waals surface area contributed by atoms with E-state index in [1.807, 2.05) is 0 Å². The van der Waals surface area contributed by atoms with E-state index in [0.717, 1.165) is 103 Å². The van der Waals surface area contributed by atoms with Gasteiger partial charge < -0.3 is 14.2 Å². The van der Waals surface area contributed by atoms with Crippen LogP contribution in [0, 0.1) is 0 Å². The van der Waals surface area contributed by atoms with Crippen LogP contribution in [0.1, 0.15) is 233 Å². The second-order valence-electron chi connectivity index (χ2n) is 16.7. The summed E-state index contributed by atoms with van der Waals surface area (Å²) >= 11 is 0. The van der Waals surface area contributed by atoms with Gasteiger partial charge in [0.25, 0.3) is 0 Å². The maximum absolute atomic E-state index is 12.8. The number of ether oxygens (including phenoxy) is 3. The topological polar surface area (TPSA) is 78.9 Å². The molecule has 354 valence electrons. The molecule has 0 aliphatic carbocycles. The second-order valence-corrected chi connectivity index (χ2v) is 16.7. The minimum absolute atomic E-state index is 0.0984. The van der Waals surface area contributed by atoms with E-state index in [-0.39, 0.29) is 31.1 Å². The van der Waals surface area contributed by atoms with Crippen LogP contribution in [0.3, 0.4) is 0 Å². The molecule has 1 unspecified atom stereocenters. The maximum atomic E-state index is 12.8. The minimum atomic E-state index is -0.801. The zero-order valence-corrected chi connectivity index (χ0v) is 40.4. The molecule has 0 heterocycles. The molecule has 0 aromatic rings. The number of esters is 3. The maximum Gasteiger partial charge on any atom is 0.306 e. The molecular formula is C56H94O6. The third kappa shape index (κ3) is 47.6. The fourth-order valence-corrected chi connectivity index (χ4v) is 6.77. The van der Waals surface area contributed by atoms with E-state index in [4.69, 9.17) is 14.2 Å². The number of carbonyl (C=O) groups is 3. The molecule has 0 bridgehead atoms. The van der Waals surface area contributed by atoms with E-state index in [2.05, 4.69) is 106 Å². The molecule has 0 aliphatic rings. The Hall–Kier alpha value is -3.41. The lowest BCUT2D eigenvalue weighted by molar-refractivity contribution is -0.167. The highest BCUT2D eigenvalue weighted by Crippen LogP contribution is 2.13. The summed E-state index contributed by atoms with van der Waals surface area (Å²) in [6, 6.07) is 0. The van der Waals surface area contributed by atoms with Gasteiger partial charge in [-0.25, -0.2) is 0 Å². The molecule has 0 aromatic carbocycles. The summed E-state index contributed by atoms with van der Waals surface area (Å²) < 4.78 is 16.7. The van der Waals surface area contributed by atoms with Gasteiger partial charge >= 0.3 is 17.9 Å². The monoisotopic (exact) mass is 863 g/mol. The van der Waals surface area contributed by atoms with Crippen molar-refractivity contribution in [1.82, 2.24) is 0 Å². The van der Waals surface area contributed by atoms with E-state index in [1.54, 1.807) is 0 Å². The summed E-state index contributed by atoms with van der Waals surface area (Å²) in [6.45, 7) is 6.41. The molecule has 1 atom stereocenters. The highest BCUT2D eigenvalue weighted by Gasteiger charge is 2.19. The first-order chi connectivity index (χ1) is 30.5. The standard InChI is InChI=1S/C56H94O6/c1-4-7-10-13-16-19-22-25-27-28-30-31-34-37-40-43-46-49-55(58)61-52-53(51-60-54(57)48-45-42-39-36-33-24-21-18-15-12-9-6-3)62-56(59)50-47-44-41-38-35-32-29-26-23-20-17-14-11-8-5-2/h9,12,16-21,23,25-27,33,36,53H,4-8,10-11,13-15,22,24,28-32,34-35,37-52H2,1-3H3/b12-9-,19-16-,20-17-,21-18-,26-23-,27-25-,36-33-. The third-order valence-corrected chi connectivity index (χ3v) is 10.6. The molecule has 6 nitrogen and oxygen atoms in total. The van der Waals surface area contributed by atoms with Gasteiger partial charge in [-0.05, 0) is 109 Å². The normalized spacial score (nSPS) is 12.8. The van der Waals surface area contributed by atoms with Crippen molar-refractivity contribution in [3.05, 3.63) is 85.1 Å². The van der Waals surface area contributed by atoms with Gasteiger partial charge in [-0.3, -0.25) is 14.4 Å². The molecule has 62 heavy (non-hydrogen) atoms. The van der Waals surface area contributed by atoms with Crippen LogP contribution < -0.4 is 0 Å². The molecule has 6 heteroatoms. The number of carbonyl (C=O) groups excluding carboxylic acids is 3. The summed E-state index contributed by atoms with van der Waals surface area (Å²) in [7, 11) is 0. The predicted octanol–water partition coefficient (Wildman–Crippen LogP) is 16.8. The summed E-state index contributed by atoms with van der Waals surface area (Å²) in [6.07, 6.45) is 64.2. The number of hydrogen-bond acceptors (Lipinski definition) is 6. The van der Waals surface area contributed by atoms with Gasteiger partial charge in [-0.1, -0.05) is 189 Å². The Labute approximate surface area is 382 Å². The Kier molecular flexibility index (Phi) is 47.5. The lowest BCUT2D eigenvalue weighted by Gasteiger charge is -2.18. The second kappa shape index (κ2) is 50.2. The first-order valence-corrected chi connectivity index (χ1v) is 25.6. The third-order valence-electron chi connectivity index (χ3n) is 10.6. The Bertz CT molecular complexity index is 1220. The first-order valence-electron chi connectivity index (χ1n) is 25.6. The van der Waals surface area contributed by atoms with Gasteiger partial charge in [0.1, 0.15) is 13.2 Å². The average Bonchev–Trinajstić information content (AvgIpc) is 3.27. The van der Waals surface area contributed by atoms with Crippen LogP contribution in [0.4, 0.5) is 0 Å². The van der Waals surface area contributed by atoms with Crippen molar-refractivity contribution in [2.45, 2.75) is 239 Å². The Morgan fingerprint density at radius 2 is 0.677 bits per heavy atom. The van der Waals surface area contributed by atoms with Crippen molar-refractivity contribution < 1.29 is 28.6 Å². The highest BCUT2D eigenvalue weighted by atomic mass is 16.6. The summed E-state index contributed by atoms with van der Waals surface area (Å²) in [5, 5.41) is 0. The molecule has 0 radical (unpaired) electrons. The Morgan fingerprint density at radius 1 is 0.355 bits per heavy atom. The zero-order valence-electron chi connectivity index (χ0n) is 40.4. The van der Waals surface area contributed by atoms with E-state index >= 15 is 0 Å². The van der Waals surface area contributed by atoms with E-state index in [0.29, 0.717) is 19.3 Å². The molecule has 0 spiro atoms. The summed E-state index contributed by atoms with van der Waals surface area (Å²) in [5.74, 6) is -0.960. The minimum Gasteiger partial charge on any atom is -0.462 e. The largest absolute Gasteiger partial charge is 0.462 e. The van der Waals surface area contributed by atoms with E-state index in [9.17, 15) is 14.4 Å². The number of hydrogen-bond donors (Lipinski definition) is 0. The lowest BCUT2D eigenvalue weighted by atomic mass is 10.1. The smallest absolute Gasteiger partial charge is 0.306 e. The van der Waals surface area contributed by atoms with Crippen molar-refractivity contribution >= 4 is 17.9 Å². The van der Waals surface area contributed by atoms with Gasteiger partial charge in [0.2, 0.25) is 0 Å². The molecule has 0 rings (SSSR count). The fraction of sp³-hybridized carbons (Fsp3) is 0.696. The van der Waals surface area contributed by atoms with Crippen molar-refractivity contribution in [3.63, 3.8) is 0 Å². The molecular weight excluding hydrogens is 769 g/mol. The summed E-state index contributed by atoms with van der Waals surface area (Å²) in [5.41, 5.74) is 0. The predicted molar refractivity (Wildman–Crippen MR) is 265 cm³/mol. The van der Waals surface area contributed by atoms with Crippen LogP contribution in [0.2, 0.25) is 0 Å². The quantitative estimate of drug-likeness (QED) is 0.0199. The number of allylic oxidation sites excluding steroid dienone is 14. The Morgan fingerprint density at radius 3 is 1.11 bits per heavy atom. The van der Waals surface area contributed by atoms with Crippen LogP contribution in [-0.2, 0) is 28.6 Å². The van der Waals surface area contributed by atoms with Gasteiger partial charge in [0.05, 0.1) is 0 Å². The van der Waals surface area contributed by atoms with Crippen molar-refractivity contribution in [3.8, 4) is 0 Å². The molecule has 0 amide bonds. The van der Waals surface area contributed by atoms with Gasteiger partial charge in [0.15, 0.2) is 6.10 Å². The van der Waals surface area contributed by atoms with E-state index in [1.165, 1.54) is 89.9 Å². The molecule has 0 saturated carbocycles. The van der Waals surface area contributed by atoms with Crippen LogP contribution in [0.25, 0.3) is 0 Å². The van der Waals surface area contributed by atoms with Gasteiger partial charge in [0, 0.05) is 19.3 Å². The Balaban J connectivity index is 4.45. The van der Waals surface area contributed by atoms with Crippen molar-refractivity contribution in [2.24, 2.45) is 0 Å². The van der Waals surface area contributed by atoms with Crippen LogP contribution in [-0.4, -0.2) is 37.2 Å². The SMILES string of the molecule is CC/C=C\C/C=C\C/C=C\CCCCC(=O)OCC(COC(=O)CCCCCCCCC/C=C\C/C=C\CCCCC)OC(=O)CCCCCCCC/C=C\C=C/CCCCC. The molecule has 0 fully saturated rings. The van der Waals surface area contributed by atoms with Gasteiger partial charge in [-0.15, -0.1) is 0 Å².